The van der Waals surface area contributed by atoms with Gasteiger partial charge in [0.05, 0.1) is 6.26 Å². The largest absolute Gasteiger partial charge is 0.318 e. The first-order valence-electron chi connectivity index (χ1n) is 7.14. The van der Waals surface area contributed by atoms with E-state index >= 15 is 0 Å². The summed E-state index contributed by atoms with van der Waals surface area (Å²) >= 11 is 1.37. The van der Waals surface area contributed by atoms with Crippen LogP contribution in [-0.2, 0) is 10.0 Å². The Balaban J connectivity index is 2.36. The quantitative estimate of drug-likeness (QED) is 0.864. The molecule has 6 nitrogen and oxygen atoms in total. The highest BCUT2D eigenvalue weighted by molar-refractivity contribution is 7.89. The number of hydrogen-bond donors (Lipinski definition) is 1. The van der Waals surface area contributed by atoms with E-state index in [2.05, 4.69) is 11.9 Å². The van der Waals surface area contributed by atoms with Gasteiger partial charge in [0.1, 0.15) is 5.69 Å². The minimum atomic E-state index is -3.61. The number of sulfonamides is 1. The zero-order chi connectivity index (χ0) is 17.0. The zero-order valence-corrected chi connectivity index (χ0v) is 14.9. The van der Waals surface area contributed by atoms with Crippen LogP contribution in [0.3, 0.4) is 0 Å². The normalized spacial score (nSPS) is 11.3. The highest BCUT2D eigenvalue weighted by Gasteiger charge is 2.21. The lowest BCUT2D eigenvalue weighted by Gasteiger charge is -2.21. The topological polar surface area (TPSA) is 79.4 Å². The van der Waals surface area contributed by atoms with Gasteiger partial charge in [-0.1, -0.05) is 25.1 Å². The van der Waals surface area contributed by atoms with Crippen LogP contribution in [0.1, 0.15) is 28.7 Å². The van der Waals surface area contributed by atoms with Crippen molar-refractivity contribution < 1.29 is 13.2 Å². The average Bonchev–Trinajstić information content (AvgIpc) is 2.85. The van der Waals surface area contributed by atoms with Crippen molar-refractivity contribution in [1.82, 2.24) is 9.71 Å². The van der Waals surface area contributed by atoms with Gasteiger partial charge in [-0.2, -0.15) is 0 Å². The van der Waals surface area contributed by atoms with E-state index < -0.39 is 15.9 Å². The molecule has 2 aromatic rings. The molecule has 8 heteroatoms. The van der Waals surface area contributed by atoms with E-state index in [1.165, 1.54) is 11.3 Å². The minimum Gasteiger partial charge on any atom is -0.318 e. The Labute approximate surface area is 140 Å². The number of nitrogens with one attached hydrogen (secondary N) is 1. The first-order chi connectivity index (χ1) is 10.8. The summed E-state index contributed by atoms with van der Waals surface area (Å²) in [5.41, 5.74) is 1.13. The molecule has 1 aromatic carbocycles. The fraction of sp³-hybridized carbons (Fsp3) is 0.333. The van der Waals surface area contributed by atoms with Gasteiger partial charge in [0, 0.05) is 17.1 Å². The number of thiazole rings is 1. The van der Waals surface area contributed by atoms with Gasteiger partial charge in [-0.15, -0.1) is 11.3 Å². The molecule has 0 unspecified atom stereocenters. The second kappa shape index (κ2) is 7.10. The van der Waals surface area contributed by atoms with Crippen molar-refractivity contribution in [2.45, 2.75) is 20.3 Å². The second-order valence-corrected chi connectivity index (χ2v) is 8.02. The van der Waals surface area contributed by atoms with Gasteiger partial charge >= 0.3 is 0 Å². The molecular weight excluding hydrogens is 334 g/mol. The molecule has 0 radical (unpaired) electrons. The van der Waals surface area contributed by atoms with Crippen LogP contribution in [0.25, 0.3) is 0 Å². The van der Waals surface area contributed by atoms with Gasteiger partial charge in [-0.25, -0.2) is 18.1 Å². The lowest BCUT2D eigenvalue weighted by molar-refractivity contribution is 0.0977. The van der Waals surface area contributed by atoms with Crippen LogP contribution in [0.15, 0.2) is 30.3 Å². The van der Waals surface area contributed by atoms with Crippen LogP contribution in [0.5, 0.6) is 0 Å². The Morgan fingerprint density at radius 2 is 1.96 bits per heavy atom. The molecule has 0 saturated heterocycles. The predicted octanol–water partition coefficient (Wildman–Crippen LogP) is 2.69. The minimum absolute atomic E-state index is 0.146. The van der Waals surface area contributed by atoms with E-state index in [1.54, 1.807) is 6.92 Å². The number of carbonyl (C=O) groups excluding carboxylic acids is 1. The molecular formula is C15H19N3O3S2. The third-order valence-corrected chi connectivity index (χ3v) is 4.57. The molecule has 1 heterocycles. The number of aromatic nitrogens is 1. The van der Waals surface area contributed by atoms with Gasteiger partial charge < -0.3 is 4.90 Å². The van der Waals surface area contributed by atoms with Crippen molar-refractivity contribution >= 4 is 38.1 Å². The maximum atomic E-state index is 12.0. The maximum absolute atomic E-state index is 12.0. The molecule has 1 N–H and O–H groups in total. The molecule has 0 aliphatic carbocycles. The SMILES string of the molecule is CCCN(c1ccccc1)c1nc(C(=O)NS(C)(=O)=O)c(C)s1. The number of aryl methyl sites for hydroxylation is 1. The molecule has 1 amide bonds. The predicted molar refractivity (Wildman–Crippen MR) is 92.9 cm³/mol. The fourth-order valence-corrected chi connectivity index (χ4v) is 3.48. The van der Waals surface area contributed by atoms with E-state index in [4.69, 9.17) is 0 Å². The molecule has 0 aliphatic heterocycles. The molecule has 0 bridgehead atoms. The van der Waals surface area contributed by atoms with Crippen LogP contribution in [0, 0.1) is 6.92 Å². The number of hydrogen-bond acceptors (Lipinski definition) is 6. The second-order valence-electron chi connectivity index (χ2n) is 5.09. The monoisotopic (exact) mass is 353 g/mol. The van der Waals surface area contributed by atoms with Gasteiger partial charge in [0.2, 0.25) is 10.0 Å². The fourth-order valence-electron chi connectivity index (χ4n) is 2.09. The standard InChI is InChI=1S/C15H19N3O3S2/c1-4-10-18(12-8-6-5-7-9-12)15-16-13(11(2)22-15)14(19)17-23(3,20)21/h5-9H,4,10H2,1-3H3,(H,17,19). The number of carbonyl (C=O) groups is 1. The summed E-state index contributed by atoms with van der Waals surface area (Å²) in [5.74, 6) is -0.697. The number of benzene rings is 1. The van der Waals surface area contributed by atoms with Gasteiger partial charge in [-0.3, -0.25) is 4.79 Å². The van der Waals surface area contributed by atoms with E-state index in [9.17, 15) is 13.2 Å². The smallest absolute Gasteiger partial charge is 0.284 e. The Bertz CT molecular complexity index is 786. The van der Waals surface area contributed by atoms with Crippen molar-refractivity contribution in [3.8, 4) is 0 Å². The zero-order valence-electron chi connectivity index (χ0n) is 13.2. The summed E-state index contributed by atoms with van der Waals surface area (Å²) in [6.45, 7) is 4.57. The van der Waals surface area contributed by atoms with E-state index in [0.29, 0.717) is 10.0 Å². The van der Waals surface area contributed by atoms with Gasteiger partial charge in [0.15, 0.2) is 5.13 Å². The Morgan fingerprint density at radius 1 is 1.30 bits per heavy atom. The van der Waals surface area contributed by atoms with Crippen LogP contribution in [0.4, 0.5) is 10.8 Å². The molecule has 1 aromatic heterocycles. The number of para-hydroxylation sites is 1. The molecule has 124 valence electrons. The van der Waals surface area contributed by atoms with Crippen molar-refractivity contribution in [3.63, 3.8) is 0 Å². The van der Waals surface area contributed by atoms with E-state index in [1.807, 2.05) is 40.0 Å². The van der Waals surface area contributed by atoms with Crippen LogP contribution in [-0.4, -0.2) is 32.1 Å². The molecule has 0 atom stereocenters. The first kappa shape index (κ1) is 17.4. The molecule has 0 fully saturated rings. The lowest BCUT2D eigenvalue weighted by atomic mass is 10.3. The first-order valence-corrected chi connectivity index (χ1v) is 9.84. The van der Waals surface area contributed by atoms with Crippen molar-refractivity contribution in [1.29, 1.82) is 0 Å². The number of anilines is 2. The Kier molecular flexibility index (Phi) is 5.38. The number of rotatable bonds is 6. The van der Waals surface area contributed by atoms with Crippen LogP contribution < -0.4 is 9.62 Å². The Morgan fingerprint density at radius 3 is 2.52 bits per heavy atom. The summed E-state index contributed by atoms with van der Waals surface area (Å²) < 4.78 is 24.4. The third-order valence-electron chi connectivity index (χ3n) is 3.02. The summed E-state index contributed by atoms with van der Waals surface area (Å²) in [4.78, 5) is 19.1. The van der Waals surface area contributed by atoms with Gasteiger partial charge in [0.25, 0.3) is 5.91 Å². The lowest BCUT2D eigenvalue weighted by Crippen LogP contribution is -2.30. The van der Waals surface area contributed by atoms with Gasteiger partial charge in [-0.05, 0) is 25.5 Å². The molecule has 0 aliphatic rings. The molecule has 0 spiro atoms. The molecule has 0 saturated carbocycles. The summed E-state index contributed by atoms with van der Waals surface area (Å²) in [5, 5.41) is 0.675. The van der Waals surface area contributed by atoms with Crippen LogP contribution >= 0.6 is 11.3 Å². The van der Waals surface area contributed by atoms with Crippen molar-refractivity contribution in [3.05, 3.63) is 40.9 Å². The van der Waals surface area contributed by atoms with E-state index in [0.717, 1.165) is 24.9 Å². The average molecular weight is 353 g/mol. The maximum Gasteiger partial charge on any atom is 0.284 e. The van der Waals surface area contributed by atoms with Crippen molar-refractivity contribution in [2.24, 2.45) is 0 Å². The summed E-state index contributed by atoms with van der Waals surface area (Å²) in [7, 11) is -3.61. The third kappa shape index (κ3) is 4.52. The molecule has 2 rings (SSSR count). The van der Waals surface area contributed by atoms with Crippen molar-refractivity contribution in [2.75, 3.05) is 17.7 Å². The number of nitrogens with zero attached hydrogens (tertiary/aromatic N) is 2. The number of amides is 1. The van der Waals surface area contributed by atoms with Crippen LogP contribution in [0.2, 0.25) is 0 Å². The Hall–Kier alpha value is -1.93. The molecule has 23 heavy (non-hydrogen) atoms. The van der Waals surface area contributed by atoms with E-state index in [-0.39, 0.29) is 5.69 Å². The summed E-state index contributed by atoms with van der Waals surface area (Å²) in [6.07, 6.45) is 1.86. The highest BCUT2D eigenvalue weighted by Crippen LogP contribution is 2.31. The highest BCUT2D eigenvalue weighted by atomic mass is 32.2. The summed E-state index contributed by atoms with van der Waals surface area (Å²) in [6, 6.07) is 9.77.